The quantitative estimate of drug-likeness (QED) is 0.588. The molecule has 0 aromatic carbocycles. The molecule has 2 fully saturated rings. The van der Waals surface area contributed by atoms with Crippen molar-refractivity contribution in [1.82, 2.24) is 10.2 Å². The molecular formula is C23H30N2O. The summed E-state index contributed by atoms with van der Waals surface area (Å²) in [6, 6.07) is 0.0485. The summed E-state index contributed by atoms with van der Waals surface area (Å²) >= 11 is 0. The highest BCUT2D eigenvalue weighted by molar-refractivity contribution is 5.86. The van der Waals surface area contributed by atoms with Crippen molar-refractivity contribution < 1.29 is 4.79 Å². The summed E-state index contributed by atoms with van der Waals surface area (Å²) in [6.45, 7) is 11.3. The molecule has 2 rings (SSSR count). The summed E-state index contributed by atoms with van der Waals surface area (Å²) in [5.41, 5.74) is 2.00. The first kappa shape index (κ1) is 20.2. The van der Waals surface area contributed by atoms with Crippen LogP contribution in [0.15, 0.2) is 60.3 Å². The summed E-state index contributed by atoms with van der Waals surface area (Å²) in [6.07, 6.45) is 20.8. The molecule has 0 bridgehead atoms. The minimum absolute atomic E-state index is 0.0485. The maximum Gasteiger partial charge on any atom is 0.142 e. The average Bonchev–Trinajstić information content (AvgIpc) is 3.07. The standard InChI is InChI=1S/C23H30N2O/c1-5-9-11-19(7-3)22(20(8-4)12-10-6-2)25-16-14-23(18-25)17-24-15-13-21(23)26/h1,6-12,22,24H,4,13-18H2,2-3H3/b10-6-,11-9-,19-7+,20-12+. The highest BCUT2D eigenvalue weighted by Gasteiger charge is 2.47. The SMILES string of the molecule is C#C/C=C\C(=C/C)C(/C(C=C)=C/C=C\C)N1CCC2(CNCCC2=O)C1. The Morgan fingerprint density at radius 2 is 2.23 bits per heavy atom. The number of ketones is 1. The van der Waals surface area contributed by atoms with E-state index in [1.54, 1.807) is 6.08 Å². The Morgan fingerprint density at radius 1 is 1.42 bits per heavy atom. The Bertz CT molecular complexity index is 689. The van der Waals surface area contributed by atoms with Crippen LogP contribution in [0.2, 0.25) is 0 Å². The zero-order chi connectivity index (χ0) is 19.0. The van der Waals surface area contributed by atoms with Crippen molar-refractivity contribution in [3.63, 3.8) is 0 Å². The minimum Gasteiger partial charge on any atom is -0.315 e. The van der Waals surface area contributed by atoms with Crippen molar-refractivity contribution in [2.45, 2.75) is 32.7 Å². The molecule has 0 saturated carbocycles. The molecule has 2 unspecified atom stereocenters. The summed E-state index contributed by atoms with van der Waals surface area (Å²) < 4.78 is 0. The Labute approximate surface area is 158 Å². The highest BCUT2D eigenvalue weighted by atomic mass is 16.1. The molecule has 0 radical (unpaired) electrons. The van der Waals surface area contributed by atoms with Gasteiger partial charge in [-0.25, -0.2) is 0 Å². The molecule has 0 amide bonds. The van der Waals surface area contributed by atoms with Crippen LogP contribution in [0.1, 0.15) is 26.7 Å². The van der Waals surface area contributed by atoms with Crippen LogP contribution in [0, 0.1) is 17.8 Å². The number of hydrogen-bond donors (Lipinski definition) is 1. The number of rotatable bonds is 6. The molecule has 0 aliphatic carbocycles. The summed E-state index contributed by atoms with van der Waals surface area (Å²) in [4.78, 5) is 15.0. The third-order valence-electron chi connectivity index (χ3n) is 5.39. The van der Waals surface area contributed by atoms with E-state index in [9.17, 15) is 4.79 Å². The molecule has 2 atom stereocenters. The zero-order valence-electron chi connectivity index (χ0n) is 16.0. The van der Waals surface area contributed by atoms with Gasteiger partial charge in [0.25, 0.3) is 0 Å². The Hall–Kier alpha value is -2.15. The van der Waals surface area contributed by atoms with Gasteiger partial charge in [-0.3, -0.25) is 9.69 Å². The predicted molar refractivity (Wildman–Crippen MR) is 110 cm³/mol. The van der Waals surface area contributed by atoms with E-state index in [0.29, 0.717) is 12.2 Å². The minimum atomic E-state index is -0.252. The first-order valence-corrected chi connectivity index (χ1v) is 9.34. The molecular weight excluding hydrogens is 320 g/mol. The van der Waals surface area contributed by atoms with Crippen LogP contribution in [0.25, 0.3) is 0 Å². The molecule has 2 aliphatic heterocycles. The Balaban J connectivity index is 2.38. The molecule has 0 aromatic rings. The van der Waals surface area contributed by atoms with Gasteiger partial charge in [-0.1, -0.05) is 42.9 Å². The maximum atomic E-state index is 12.6. The van der Waals surface area contributed by atoms with Gasteiger partial charge in [-0.2, -0.15) is 0 Å². The lowest BCUT2D eigenvalue weighted by Gasteiger charge is -2.35. The lowest BCUT2D eigenvalue weighted by molar-refractivity contribution is -0.129. The number of terminal acetylenes is 1. The van der Waals surface area contributed by atoms with Crippen LogP contribution >= 0.6 is 0 Å². The largest absolute Gasteiger partial charge is 0.315 e. The van der Waals surface area contributed by atoms with Gasteiger partial charge in [0.05, 0.1) is 11.5 Å². The van der Waals surface area contributed by atoms with Crippen molar-refractivity contribution in [3.05, 3.63) is 60.3 Å². The molecule has 1 spiro atoms. The number of carbonyl (C=O) groups excluding carboxylic acids is 1. The second kappa shape index (κ2) is 9.52. The summed E-state index contributed by atoms with van der Waals surface area (Å²) in [7, 11) is 0. The van der Waals surface area contributed by atoms with Gasteiger partial charge in [0.1, 0.15) is 5.78 Å². The van der Waals surface area contributed by atoms with Crippen molar-refractivity contribution in [2.24, 2.45) is 5.41 Å². The molecule has 2 heterocycles. The molecule has 0 aromatic heterocycles. The van der Waals surface area contributed by atoms with Crippen LogP contribution < -0.4 is 5.32 Å². The van der Waals surface area contributed by atoms with Gasteiger partial charge in [0.15, 0.2) is 0 Å². The van der Waals surface area contributed by atoms with Gasteiger partial charge >= 0.3 is 0 Å². The topological polar surface area (TPSA) is 32.3 Å². The van der Waals surface area contributed by atoms with Crippen LogP contribution in [0.5, 0.6) is 0 Å². The number of nitrogens with one attached hydrogen (secondary N) is 1. The molecule has 138 valence electrons. The van der Waals surface area contributed by atoms with E-state index in [-0.39, 0.29) is 11.5 Å². The normalized spacial score (nSPS) is 26.7. The molecule has 3 nitrogen and oxygen atoms in total. The van der Waals surface area contributed by atoms with Crippen molar-refractivity contribution in [1.29, 1.82) is 0 Å². The third-order valence-corrected chi connectivity index (χ3v) is 5.39. The fourth-order valence-corrected chi connectivity index (χ4v) is 3.97. The number of hydrogen-bond acceptors (Lipinski definition) is 3. The number of Topliss-reactive ketones (excluding diaryl/α,β-unsaturated/α-hetero) is 1. The Morgan fingerprint density at radius 3 is 2.85 bits per heavy atom. The van der Waals surface area contributed by atoms with Crippen molar-refractivity contribution >= 4 is 5.78 Å². The summed E-state index contributed by atoms with van der Waals surface area (Å²) in [5, 5.41) is 3.41. The van der Waals surface area contributed by atoms with E-state index in [2.05, 4.69) is 34.9 Å². The number of carbonyl (C=O) groups is 1. The van der Waals surface area contributed by atoms with E-state index in [1.807, 2.05) is 38.2 Å². The van der Waals surface area contributed by atoms with Gasteiger partial charge in [-0.05, 0) is 43.6 Å². The first-order chi connectivity index (χ1) is 12.6. The van der Waals surface area contributed by atoms with E-state index in [4.69, 9.17) is 6.42 Å². The molecule has 2 aliphatic rings. The Kier molecular flexibility index (Phi) is 7.38. The van der Waals surface area contributed by atoms with Crippen molar-refractivity contribution in [2.75, 3.05) is 26.2 Å². The lowest BCUT2D eigenvalue weighted by atomic mass is 9.79. The van der Waals surface area contributed by atoms with E-state index < -0.39 is 0 Å². The van der Waals surface area contributed by atoms with Crippen LogP contribution in [-0.4, -0.2) is 42.9 Å². The van der Waals surface area contributed by atoms with Crippen LogP contribution in [-0.2, 0) is 4.79 Å². The third kappa shape index (κ3) is 4.33. The average molecular weight is 351 g/mol. The molecule has 1 N–H and O–H groups in total. The predicted octanol–water partition coefficient (Wildman–Crippen LogP) is 3.43. The number of nitrogens with zero attached hydrogens (tertiary/aromatic N) is 1. The second-order valence-electron chi connectivity index (χ2n) is 6.94. The smallest absolute Gasteiger partial charge is 0.142 e. The maximum absolute atomic E-state index is 12.6. The van der Waals surface area contributed by atoms with Crippen LogP contribution in [0.3, 0.4) is 0 Å². The number of likely N-dealkylation sites (tertiary alicyclic amines) is 1. The van der Waals surface area contributed by atoms with Gasteiger partial charge in [0.2, 0.25) is 0 Å². The lowest BCUT2D eigenvalue weighted by Crippen LogP contribution is -2.49. The monoisotopic (exact) mass is 350 g/mol. The zero-order valence-corrected chi connectivity index (χ0v) is 16.0. The number of allylic oxidation sites excluding steroid dienone is 5. The molecule has 26 heavy (non-hydrogen) atoms. The van der Waals surface area contributed by atoms with E-state index >= 15 is 0 Å². The fourth-order valence-electron chi connectivity index (χ4n) is 3.97. The first-order valence-electron chi connectivity index (χ1n) is 9.34. The molecule has 2 saturated heterocycles. The number of piperidine rings is 1. The molecule has 3 heteroatoms. The van der Waals surface area contributed by atoms with Gasteiger partial charge < -0.3 is 5.32 Å². The van der Waals surface area contributed by atoms with Crippen molar-refractivity contribution in [3.8, 4) is 12.3 Å². The van der Waals surface area contributed by atoms with Gasteiger partial charge in [-0.15, -0.1) is 6.42 Å². The van der Waals surface area contributed by atoms with Crippen LogP contribution in [0.4, 0.5) is 0 Å². The van der Waals surface area contributed by atoms with Gasteiger partial charge in [0, 0.05) is 32.6 Å². The van der Waals surface area contributed by atoms with E-state index in [1.165, 1.54) is 0 Å². The summed E-state index contributed by atoms with van der Waals surface area (Å²) in [5.74, 6) is 2.98. The second-order valence-corrected chi connectivity index (χ2v) is 6.94. The van der Waals surface area contributed by atoms with E-state index in [0.717, 1.165) is 43.7 Å². The fraction of sp³-hybridized carbons (Fsp3) is 0.435. The highest BCUT2D eigenvalue weighted by Crippen LogP contribution is 2.37.